The molecular formula is C17H15ClO3. The Morgan fingerprint density at radius 1 is 1.33 bits per heavy atom. The summed E-state index contributed by atoms with van der Waals surface area (Å²) in [6.07, 6.45) is 1.75. The summed E-state index contributed by atoms with van der Waals surface area (Å²) in [5.74, 6) is 1.36. The monoisotopic (exact) mass is 302 g/mol. The number of aldehydes is 1. The van der Waals surface area contributed by atoms with Crippen molar-refractivity contribution in [3.63, 3.8) is 0 Å². The van der Waals surface area contributed by atoms with E-state index in [9.17, 15) is 4.79 Å². The lowest BCUT2D eigenvalue weighted by atomic mass is 9.78. The Bertz CT molecular complexity index is 682. The molecule has 108 valence electrons. The van der Waals surface area contributed by atoms with Crippen LogP contribution in [0.15, 0.2) is 36.4 Å². The Hall–Kier alpha value is -2.00. The molecule has 1 atom stereocenters. The molecule has 4 heteroatoms. The minimum atomic E-state index is 0.382. The van der Waals surface area contributed by atoms with Gasteiger partial charge in [0.15, 0.2) is 11.5 Å². The lowest BCUT2D eigenvalue weighted by molar-refractivity contribution is 0.112. The molecule has 1 unspecified atom stereocenters. The molecule has 0 aliphatic heterocycles. The molecule has 0 fully saturated rings. The quantitative estimate of drug-likeness (QED) is 0.786. The first-order valence-electron chi connectivity index (χ1n) is 6.76. The molecule has 0 N–H and O–H groups in total. The summed E-state index contributed by atoms with van der Waals surface area (Å²) >= 11 is 6.17. The van der Waals surface area contributed by atoms with Gasteiger partial charge >= 0.3 is 0 Å². The fourth-order valence-electron chi connectivity index (χ4n) is 2.64. The molecule has 0 radical (unpaired) electrons. The summed E-state index contributed by atoms with van der Waals surface area (Å²) in [4.78, 5) is 10.8. The Labute approximate surface area is 128 Å². The SMILES string of the molecule is COc1cc(C=O)cc(Cl)c1OCC1Cc2ccccc21. The van der Waals surface area contributed by atoms with E-state index in [1.165, 1.54) is 18.2 Å². The van der Waals surface area contributed by atoms with Gasteiger partial charge < -0.3 is 9.47 Å². The zero-order valence-corrected chi connectivity index (χ0v) is 12.4. The second-order valence-electron chi connectivity index (χ2n) is 5.06. The Kier molecular flexibility index (Phi) is 3.84. The molecule has 1 aliphatic carbocycles. The first-order chi connectivity index (χ1) is 10.2. The van der Waals surface area contributed by atoms with E-state index in [1.807, 2.05) is 12.1 Å². The third kappa shape index (κ3) is 2.61. The van der Waals surface area contributed by atoms with Crippen molar-refractivity contribution < 1.29 is 14.3 Å². The number of rotatable bonds is 5. The zero-order chi connectivity index (χ0) is 14.8. The summed E-state index contributed by atoms with van der Waals surface area (Å²) in [7, 11) is 1.53. The smallest absolute Gasteiger partial charge is 0.179 e. The number of hydrogen-bond acceptors (Lipinski definition) is 3. The van der Waals surface area contributed by atoms with Gasteiger partial charge in [0.2, 0.25) is 0 Å². The minimum absolute atomic E-state index is 0.382. The molecular weight excluding hydrogens is 288 g/mol. The highest BCUT2D eigenvalue weighted by Crippen LogP contribution is 2.39. The van der Waals surface area contributed by atoms with Crippen LogP contribution in [0.3, 0.4) is 0 Å². The third-order valence-corrected chi connectivity index (χ3v) is 4.06. The van der Waals surface area contributed by atoms with Gasteiger partial charge in [-0.05, 0) is 29.7 Å². The van der Waals surface area contributed by atoms with E-state index in [-0.39, 0.29) is 0 Å². The number of ether oxygens (including phenoxy) is 2. The highest BCUT2D eigenvalue weighted by atomic mass is 35.5. The summed E-state index contributed by atoms with van der Waals surface area (Å²) in [6.45, 7) is 0.549. The van der Waals surface area contributed by atoms with Crippen LogP contribution in [0.4, 0.5) is 0 Å². The van der Waals surface area contributed by atoms with Crippen molar-refractivity contribution in [1.82, 2.24) is 0 Å². The van der Waals surface area contributed by atoms with Crippen LogP contribution in [0.5, 0.6) is 11.5 Å². The molecule has 2 aromatic rings. The van der Waals surface area contributed by atoms with Crippen molar-refractivity contribution in [2.75, 3.05) is 13.7 Å². The Balaban J connectivity index is 1.76. The third-order valence-electron chi connectivity index (χ3n) is 3.78. The number of benzene rings is 2. The second-order valence-corrected chi connectivity index (χ2v) is 5.47. The molecule has 0 amide bonds. The lowest BCUT2D eigenvalue weighted by Crippen LogP contribution is -2.23. The molecule has 2 aromatic carbocycles. The summed E-state index contributed by atoms with van der Waals surface area (Å²) in [6, 6.07) is 11.6. The van der Waals surface area contributed by atoms with Gasteiger partial charge in [0.1, 0.15) is 6.29 Å². The van der Waals surface area contributed by atoms with Crippen molar-refractivity contribution in [3.8, 4) is 11.5 Å². The van der Waals surface area contributed by atoms with Crippen LogP contribution < -0.4 is 9.47 Å². The number of carbonyl (C=O) groups excluding carboxylic acids is 1. The molecule has 1 aliphatic rings. The van der Waals surface area contributed by atoms with Crippen LogP contribution in [-0.2, 0) is 6.42 Å². The van der Waals surface area contributed by atoms with Gasteiger partial charge in [-0.3, -0.25) is 4.79 Å². The van der Waals surface area contributed by atoms with Crippen LogP contribution in [0, 0.1) is 0 Å². The molecule has 0 bridgehead atoms. The van der Waals surface area contributed by atoms with Crippen LogP contribution in [0.1, 0.15) is 27.4 Å². The van der Waals surface area contributed by atoms with E-state index in [4.69, 9.17) is 21.1 Å². The maximum atomic E-state index is 10.8. The molecule has 21 heavy (non-hydrogen) atoms. The van der Waals surface area contributed by atoms with Gasteiger partial charge in [-0.2, -0.15) is 0 Å². The van der Waals surface area contributed by atoms with E-state index in [0.29, 0.717) is 34.6 Å². The first kappa shape index (κ1) is 14.0. The molecule has 3 rings (SSSR count). The number of fused-ring (bicyclic) bond motifs is 1. The fourth-order valence-corrected chi connectivity index (χ4v) is 2.92. The van der Waals surface area contributed by atoms with Crippen molar-refractivity contribution in [1.29, 1.82) is 0 Å². The van der Waals surface area contributed by atoms with Gasteiger partial charge in [-0.15, -0.1) is 0 Å². The number of methoxy groups -OCH3 is 1. The summed E-state index contributed by atoms with van der Waals surface area (Å²) in [5, 5.41) is 0.393. The van der Waals surface area contributed by atoms with Gasteiger partial charge in [0.05, 0.1) is 18.7 Å². The first-order valence-corrected chi connectivity index (χ1v) is 7.14. The van der Waals surface area contributed by atoms with Crippen molar-refractivity contribution in [3.05, 3.63) is 58.1 Å². The largest absolute Gasteiger partial charge is 0.493 e. The standard InChI is InChI=1S/C17H15ClO3/c1-20-16-7-11(9-19)6-15(18)17(16)21-10-13-8-12-4-2-3-5-14(12)13/h2-7,9,13H,8,10H2,1H3. The second kappa shape index (κ2) is 5.78. The van der Waals surface area contributed by atoms with E-state index in [2.05, 4.69) is 12.1 Å². The van der Waals surface area contributed by atoms with Crippen LogP contribution in [-0.4, -0.2) is 20.0 Å². The minimum Gasteiger partial charge on any atom is -0.493 e. The van der Waals surface area contributed by atoms with E-state index in [1.54, 1.807) is 12.1 Å². The molecule has 3 nitrogen and oxygen atoms in total. The van der Waals surface area contributed by atoms with Crippen molar-refractivity contribution >= 4 is 17.9 Å². The molecule has 0 spiro atoms. The van der Waals surface area contributed by atoms with Crippen LogP contribution in [0.2, 0.25) is 5.02 Å². The van der Waals surface area contributed by atoms with Crippen molar-refractivity contribution in [2.24, 2.45) is 0 Å². The maximum absolute atomic E-state index is 10.8. The summed E-state index contributed by atoms with van der Waals surface area (Å²) in [5.41, 5.74) is 3.18. The predicted molar refractivity (Wildman–Crippen MR) is 81.8 cm³/mol. The van der Waals surface area contributed by atoms with E-state index >= 15 is 0 Å². The predicted octanol–water partition coefficient (Wildman–Crippen LogP) is 3.88. The Morgan fingerprint density at radius 3 is 2.86 bits per heavy atom. The van der Waals surface area contributed by atoms with Crippen LogP contribution in [0.25, 0.3) is 0 Å². The number of carbonyl (C=O) groups is 1. The van der Waals surface area contributed by atoms with E-state index < -0.39 is 0 Å². The van der Waals surface area contributed by atoms with Crippen LogP contribution >= 0.6 is 11.6 Å². The van der Waals surface area contributed by atoms with Crippen molar-refractivity contribution in [2.45, 2.75) is 12.3 Å². The van der Waals surface area contributed by atoms with E-state index in [0.717, 1.165) is 12.7 Å². The van der Waals surface area contributed by atoms with Gasteiger partial charge in [0, 0.05) is 11.5 Å². The van der Waals surface area contributed by atoms with Gasteiger partial charge in [0.25, 0.3) is 0 Å². The maximum Gasteiger partial charge on any atom is 0.179 e. The highest BCUT2D eigenvalue weighted by molar-refractivity contribution is 6.32. The molecule has 0 saturated carbocycles. The average molecular weight is 303 g/mol. The van der Waals surface area contributed by atoms with Gasteiger partial charge in [-0.25, -0.2) is 0 Å². The number of halogens is 1. The average Bonchev–Trinajstić information content (AvgIpc) is 2.48. The molecule has 0 saturated heterocycles. The topological polar surface area (TPSA) is 35.5 Å². The molecule has 0 aromatic heterocycles. The molecule has 0 heterocycles. The lowest BCUT2D eigenvalue weighted by Gasteiger charge is -2.30. The Morgan fingerprint density at radius 2 is 2.14 bits per heavy atom. The number of hydrogen-bond donors (Lipinski definition) is 0. The van der Waals surface area contributed by atoms with Gasteiger partial charge in [-0.1, -0.05) is 35.9 Å². The zero-order valence-electron chi connectivity index (χ0n) is 11.6. The summed E-state index contributed by atoms with van der Waals surface area (Å²) < 4.78 is 11.1. The fraction of sp³-hybridized carbons (Fsp3) is 0.235. The highest BCUT2D eigenvalue weighted by Gasteiger charge is 2.26. The normalized spacial score (nSPS) is 15.8.